The van der Waals surface area contributed by atoms with Crippen LogP contribution in [0.1, 0.15) is 11.3 Å². The maximum Gasteiger partial charge on any atom is 0.344 e. The van der Waals surface area contributed by atoms with Gasteiger partial charge in [0.1, 0.15) is 17.1 Å². The number of thiocarbonyl (C=S) groups is 1. The molecule has 6 nitrogen and oxygen atoms in total. The second-order valence-corrected chi connectivity index (χ2v) is 9.79. The first-order valence-electron chi connectivity index (χ1n) is 11.8. The number of carbonyl (C=O) groups is 1. The van der Waals surface area contributed by atoms with Crippen molar-refractivity contribution in [2.45, 2.75) is 6.92 Å². The normalized spacial score (nSPS) is 11.2. The predicted octanol–water partition coefficient (Wildman–Crippen LogP) is 7.86. The van der Waals surface area contributed by atoms with Crippen LogP contribution < -0.4 is 16.3 Å². The zero-order valence-corrected chi connectivity index (χ0v) is 22.8. The van der Waals surface area contributed by atoms with E-state index in [1.54, 1.807) is 42.5 Å². The van der Waals surface area contributed by atoms with E-state index >= 15 is 0 Å². The van der Waals surface area contributed by atoms with Crippen molar-refractivity contribution < 1.29 is 13.6 Å². The highest BCUT2D eigenvalue weighted by atomic mass is 35.5. The highest BCUT2D eigenvalue weighted by Gasteiger charge is 2.12. The number of nitrogens with one attached hydrogen (secondary N) is 2. The number of furan rings is 1. The second-order valence-electron chi connectivity index (χ2n) is 8.60. The maximum absolute atomic E-state index is 12.6. The average molecular weight is 575 g/mol. The van der Waals surface area contributed by atoms with E-state index in [1.165, 1.54) is 12.2 Å². The van der Waals surface area contributed by atoms with Gasteiger partial charge in [-0.1, -0.05) is 53.5 Å². The van der Waals surface area contributed by atoms with Gasteiger partial charge >= 0.3 is 5.63 Å². The molecular formula is C30H20Cl2N2O4S. The molecule has 1 amide bonds. The van der Waals surface area contributed by atoms with Crippen molar-refractivity contribution in [1.82, 2.24) is 5.32 Å². The van der Waals surface area contributed by atoms with Gasteiger partial charge in [-0.15, -0.1) is 0 Å². The van der Waals surface area contributed by atoms with Crippen LogP contribution in [0.2, 0.25) is 10.0 Å². The summed E-state index contributed by atoms with van der Waals surface area (Å²) in [6.45, 7) is 1.88. The fraction of sp³-hybridized carbons (Fsp3) is 0.0333. The van der Waals surface area contributed by atoms with Crippen LogP contribution >= 0.6 is 35.4 Å². The van der Waals surface area contributed by atoms with Gasteiger partial charge in [-0.2, -0.15) is 0 Å². The van der Waals surface area contributed by atoms with Crippen molar-refractivity contribution in [3.63, 3.8) is 0 Å². The van der Waals surface area contributed by atoms with E-state index in [0.717, 1.165) is 16.5 Å². The van der Waals surface area contributed by atoms with Crippen LogP contribution in [0.4, 0.5) is 5.69 Å². The summed E-state index contributed by atoms with van der Waals surface area (Å²) in [5.41, 5.74) is 3.49. The van der Waals surface area contributed by atoms with Gasteiger partial charge < -0.3 is 14.2 Å². The third-order valence-corrected chi connectivity index (χ3v) is 6.92. The van der Waals surface area contributed by atoms with Crippen LogP contribution in [0.25, 0.3) is 39.5 Å². The number of aryl methyl sites for hydroxylation is 1. The largest absolute Gasteiger partial charge is 0.457 e. The number of hydrogen-bond acceptors (Lipinski definition) is 5. The summed E-state index contributed by atoms with van der Waals surface area (Å²) in [6, 6.07) is 23.3. The Bertz CT molecular complexity index is 1820. The molecular weight excluding hydrogens is 555 g/mol. The van der Waals surface area contributed by atoms with Crippen LogP contribution in [0.15, 0.2) is 98.6 Å². The number of benzene rings is 3. The number of para-hydroxylation sites is 1. The number of rotatable bonds is 5. The first-order valence-corrected chi connectivity index (χ1v) is 12.9. The Balaban J connectivity index is 1.23. The lowest BCUT2D eigenvalue weighted by Crippen LogP contribution is -2.32. The maximum atomic E-state index is 12.6. The molecule has 0 bridgehead atoms. The van der Waals surface area contributed by atoms with E-state index in [1.807, 2.05) is 43.3 Å². The number of fused-ring (bicyclic) bond motifs is 1. The van der Waals surface area contributed by atoms with Crippen molar-refractivity contribution >= 4 is 69.2 Å². The summed E-state index contributed by atoms with van der Waals surface area (Å²) >= 11 is 17.6. The van der Waals surface area contributed by atoms with Crippen molar-refractivity contribution in [3.05, 3.63) is 117 Å². The summed E-state index contributed by atoms with van der Waals surface area (Å²) in [5, 5.41) is 7.35. The minimum absolute atomic E-state index is 0.118. The van der Waals surface area contributed by atoms with Crippen LogP contribution in [-0.4, -0.2) is 11.0 Å². The lowest BCUT2D eigenvalue weighted by molar-refractivity contribution is -0.115. The Hall–Kier alpha value is -4.17. The average Bonchev–Trinajstić information content (AvgIpc) is 3.38. The molecule has 5 aromatic rings. The van der Waals surface area contributed by atoms with Gasteiger partial charge in [0, 0.05) is 22.7 Å². The van der Waals surface area contributed by atoms with E-state index in [-0.39, 0.29) is 5.11 Å². The van der Waals surface area contributed by atoms with Gasteiger partial charge in [0.15, 0.2) is 5.11 Å². The van der Waals surface area contributed by atoms with Crippen LogP contribution in [0.5, 0.6) is 0 Å². The lowest BCUT2D eigenvalue weighted by atomic mass is 10.0. The zero-order valence-electron chi connectivity index (χ0n) is 20.5. The van der Waals surface area contributed by atoms with Crippen LogP contribution in [-0.2, 0) is 4.79 Å². The molecule has 5 rings (SSSR count). The summed E-state index contributed by atoms with van der Waals surface area (Å²) in [5.74, 6) is 0.549. The SMILES string of the molecule is Cc1cc(NC(=S)NC(=O)C=Cc2ccc(-c3cccc(Cl)c3Cl)o2)ccc1-c1cc2ccccc2oc1=O. The van der Waals surface area contributed by atoms with Gasteiger partial charge in [0.05, 0.1) is 15.6 Å². The Morgan fingerprint density at radius 2 is 1.72 bits per heavy atom. The number of anilines is 1. The summed E-state index contributed by atoms with van der Waals surface area (Å²) in [7, 11) is 0. The van der Waals surface area contributed by atoms with Gasteiger partial charge in [-0.05, 0) is 84.9 Å². The Morgan fingerprint density at radius 1 is 0.897 bits per heavy atom. The third kappa shape index (κ3) is 5.96. The monoisotopic (exact) mass is 574 g/mol. The summed E-state index contributed by atoms with van der Waals surface area (Å²) in [6.07, 6.45) is 2.83. The highest BCUT2D eigenvalue weighted by molar-refractivity contribution is 7.80. The number of hydrogen-bond donors (Lipinski definition) is 2. The predicted molar refractivity (Wildman–Crippen MR) is 160 cm³/mol. The molecule has 0 aliphatic heterocycles. The first kappa shape index (κ1) is 26.4. The standard InChI is InChI=1S/C30H20Cl2N2O4S/c1-17-15-19(9-12-21(17)23-16-18-5-2-3-8-25(18)38-29(23)36)33-30(39)34-27(35)14-11-20-10-13-26(37-20)22-6-4-7-24(31)28(22)32/h2-16H,1H3,(H2,33,34,35,39). The van der Waals surface area contributed by atoms with E-state index in [4.69, 9.17) is 44.3 Å². The third-order valence-electron chi connectivity index (χ3n) is 5.90. The fourth-order valence-corrected chi connectivity index (χ4v) is 4.66. The van der Waals surface area contributed by atoms with E-state index in [0.29, 0.717) is 44.0 Å². The van der Waals surface area contributed by atoms with Gasteiger partial charge in [-0.25, -0.2) is 4.79 Å². The van der Waals surface area contributed by atoms with Crippen molar-refractivity contribution in [3.8, 4) is 22.5 Å². The van der Waals surface area contributed by atoms with Gasteiger partial charge in [0.2, 0.25) is 5.91 Å². The molecule has 9 heteroatoms. The molecule has 0 unspecified atom stereocenters. The van der Waals surface area contributed by atoms with Crippen LogP contribution in [0.3, 0.4) is 0 Å². The number of halogens is 2. The summed E-state index contributed by atoms with van der Waals surface area (Å²) < 4.78 is 11.2. The minimum Gasteiger partial charge on any atom is -0.457 e. The molecule has 0 atom stereocenters. The molecule has 3 aromatic carbocycles. The van der Waals surface area contributed by atoms with Crippen molar-refractivity contribution in [2.24, 2.45) is 0 Å². The second kappa shape index (κ2) is 11.3. The van der Waals surface area contributed by atoms with E-state index in [9.17, 15) is 9.59 Å². The van der Waals surface area contributed by atoms with Gasteiger partial charge in [-0.3, -0.25) is 10.1 Å². The molecule has 0 saturated carbocycles. The molecule has 2 N–H and O–H groups in total. The number of amides is 1. The quantitative estimate of drug-likeness (QED) is 0.126. The Morgan fingerprint density at radius 3 is 2.54 bits per heavy atom. The van der Waals surface area contributed by atoms with Crippen LogP contribution in [0, 0.1) is 6.92 Å². The van der Waals surface area contributed by atoms with E-state index in [2.05, 4.69) is 10.6 Å². The van der Waals surface area contributed by atoms with Crippen molar-refractivity contribution in [2.75, 3.05) is 5.32 Å². The Labute approximate surface area is 238 Å². The molecule has 2 aromatic heterocycles. The van der Waals surface area contributed by atoms with Crippen molar-refractivity contribution in [1.29, 1.82) is 0 Å². The molecule has 0 aliphatic carbocycles. The Kier molecular flexibility index (Phi) is 7.65. The molecule has 0 fully saturated rings. The molecule has 39 heavy (non-hydrogen) atoms. The highest BCUT2D eigenvalue weighted by Crippen LogP contribution is 2.34. The number of carbonyl (C=O) groups excluding carboxylic acids is 1. The molecule has 0 spiro atoms. The van der Waals surface area contributed by atoms with E-state index < -0.39 is 11.5 Å². The summed E-state index contributed by atoms with van der Waals surface area (Å²) in [4.78, 5) is 25.0. The zero-order chi connectivity index (χ0) is 27.5. The molecule has 194 valence electrons. The molecule has 2 heterocycles. The topological polar surface area (TPSA) is 84.5 Å². The smallest absolute Gasteiger partial charge is 0.344 e. The molecule has 0 radical (unpaired) electrons. The fourth-order valence-electron chi connectivity index (χ4n) is 4.05. The molecule has 0 saturated heterocycles. The lowest BCUT2D eigenvalue weighted by Gasteiger charge is -2.11. The van der Waals surface area contributed by atoms with Gasteiger partial charge in [0.25, 0.3) is 0 Å². The first-order chi connectivity index (χ1) is 18.8. The minimum atomic E-state index is -0.437. The molecule has 0 aliphatic rings.